The maximum Gasteiger partial charge on any atom is 0.122 e. The van der Waals surface area contributed by atoms with Gasteiger partial charge in [0.1, 0.15) is 5.76 Å². The summed E-state index contributed by atoms with van der Waals surface area (Å²) in [5, 5.41) is 12.3. The van der Waals surface area contributed by atoms with Gasteiger partial charge in [0.25, 0.3) is 0 Å². The van der Waals surface area contributed by atoms with Gasteiger partial charge in [-0.05, 0) is 12.6 Å². The van der Waals surface area contributed by atoms with Crippen molar-refractivity contribution in [3.63, 3.8) is 0 Å². The van der Waals surface area contributed by atoms with E-state index < -0.39 is 0 Å². The molecule has 4 nitrogen and oxygen atoms in total. The van der Waals surface area contributed by atoms with Crippen LogP contribution >= 0.6 is 0 Å². The maximum atomic E-state index is 8.98. The van der Waals surface area contributed by atoms with Crippen molar-refractivity contribution in [3.8, 4) is 0 Å². The molecule has 0 aromatic carbocycles. The van der Waals surface area contributed by atoms with Crippen LogP contribution in [0.1, 0.15) is 18.2 Å². The topological polar surface area (TPSA) is 48.6 Å². The molecule has 0 radical (unpaired) electrons. The fraction of sp³-hybridized carbons (Fsp3) is 0.538. The molecule has 1 rings (SSSR count). The van der Waals surface area contributed by atoms with Crippen LogP contribution in [-0.4, -0.2) is 36.2 Å². The van der Waals surface area contributed by atoms with E-state index in [0.29, 0.717) is 13.1 Å². The predicted octanol–water partition coefficient (Wildman–Crippen LogP) is 1.37. The van der Waals surface area contributed by atoms with E-state index in [2.05, 4.69) is 23.7 Å². The quantitative estimate of drug-likeness (QED) is 0.638. The molecule has 1 aromatic rings. The van der Waals surface area contributed by atoms with Crippen LogP contribution in [0.2, 0.25) is 0 Å². The number of hydrogen-bond donors (Lipinski definition) is 2. The van der Waals surface area contributed by atoms with E-state index in [1.165, 1.54) is 5.56 Å². The summed E-state index contributed by atoms with van der Waals surface area (Å²) in [7, 11) is 0. The lowest BCUT2D eigenvalue weighted by Gasteiger charge is -2.18. The zero-order valence-corrected chi connectivity index (χ0v) is 10.5. The summed E-state index contributed by atoms with van der Waals surface area (Å²) in [4.78, 5) is 2.10. The number of hydrogen-bond acceptors (Lipinski definition) is 4. The largest absolute Gasteiger partial charge is 0.468 e. The highest BCUT2D eigenvalue weighted by Crippen LogP contribution is 2.13. The minimum Gasteiger partial charge on any atom is -0.468 e. The minimum absolute atomic E-state index is 0.150. The summed E-state index contributed by atoms with van der Waals surface area (Å²) in [6, 6.07) is 1.99. The van der Waals surface area contributed by atoms with Crippen molar-refractivity contribution in [2.75, 3.05) is 26.2 Å². The van der Waals surface area contributed by atoms with Crippen molar-refractivity contribution in [2.45, 2.75) is 20.0 Å². The SMILES string of the molecule is C=CCN(CCO)Cc1occc1CNCC. The second-order valence-corrected chi connectivity index (χ2v) is 3.90. The van der Waals surface area contributed by atoms with Crippen LogP contribution in [0.5, 0.6) is 0 Å². The molecule has 96 valence electrons. The number of aliphatic hydroxyl groups is 1. The molecule has 0 unspecified atom stereocenters. The van der Waals surface area contributed by atoms with Crippen LogP contribution in [0.4, 0.5) is 0 Å². The van der Waals surface area contributed by atoms with Crippen molar-refractivity contribution in [3.05, 3.63) is 36.3 Å². The van der Waals surface area contributed by atoms with Crippen LogP contribution < -0.4 is 5.32 Å². The Labute approximate surface area is 103 Å². The second-order valence-electron chi connectivity index (χ2n) is 3.90. The standard InChI is InChI=1S/C13H22N2O2/c1-3-6-15(7-8-16)11-13-12(5-9-17-13)10-14-4-2/h3,5,9,14,16H,1,4,6-8,10-11H2,2H3. The molecule has 0 fully saturated rings. The Kier molecular flexibility index (Phi) is 6.62. The van der Waals surface area contributed by atoms with Gasteiger partial charge in [-0.15, -0.1) is 6.58 Å². The van der Waals surface area contributed by atoms with Crippen LogP contribution in [0.25, 0.3) is 0 Å². The van der Waals surface area contributed by atoms with Gasteiger partial charge in [0, 0.05) is 25.2 Å². The summed E-state index contributed by atoms with van der Waals surface area (Å²) < 4.78 is 5.49. The Morgan fingerprint density at radius 2 is 2.41 bits per heavy atom. The predicted molar refractivity (Wildman–Crippen MR) is 68.6 cm³/mol. The summed E-state index contributed by atoms with van der Waals surface area (Å²) in [5.41, 5.74) is 1.18. The van der Waals surface area contributed by atoms with Crippen LogP contribution in [0.3, 0.4) is 0 Å². The third kappa shape index (κ3) is 4.73. The van der Waals surface area contributed by atoms with Crippen molar-refractivity contribution in [1.29, 1.82) is 0 Å². The van der Waals surface area contributed by atoms with Gasteiger partial charge in [-0.1, -0.05) is 13.0 Å². The number of furan rings is 1. The first-order valence-corrected chi connectivity index (χ1v) is 6.01. The number of nitrogens with zero attached hydrogens (tertiary/aromatic N) is 1. The fourth-order valence-electron chi connectivity index (χ4n) is 1.68. The summed E-state index contributed by atoms with van der Waals surface area (Å²) in [6.07, 6.45) is 3.55. The van der Waals surface area contributed by atoms with E-state index in [1.807, 2.05) is 12.1 Å². The minimum atomic E-state index is 0.150. The van der Waals surface area contributed by atoms with Gasteiger partial charge in [0.05, 0.1) is 19.4 Å². The highest BCUT2D eigenvalue weighted by Gasteiger charge is 2.10. The highest BCUT2D eigenvalue weighted by molar-refractivity contribution is 5.16. The normalized spacial score (nSPS) is 11.0. The smallest absolute Gasteiger partial charge is 0.122 e. The van der Waals surface area contributed by atoms with Gasteiger partial charge >= 0.3 is 0 Å². The monoisotopic (exact) mass is 238 g/mol. The second kappa shape index (κ2) is 8.06. The van der Waals surface area contributed by atoms with Gasteiger partial charge in [0.2, 0.25) is 0 Å². The number of rotatable bonds is 9. The molecule has 17 heavy (non-hydrogen) atoms. The molecule has 0 atom stereocenters. The molecule has 0 aliphatic rings. The van der Waals surface area contributed by atoms with E-state index in [-0.39, 0.29) is 6.61 Å². The first-order valence-electron chi connectivity index (χ1n) is 6.01. The molecule has 4 heteroatoms. The first kappa shape index (κ1) is 14.0. The molecule has 1 heterocycles. The molecular weight excluding hydrogens is 216 g/mol. The number of nitrogens with one attached hydrogen (secondary N) is 1. The third-order valence-electron chi connectivity index (χ3n) is 2.57. The fourth-order valence-corrected chi connectivity index (χ4v) is 1.68. The average molecular weight is 238 g/mol. The molecule has 0 aliphatic carbocycles. The molecule has 2 N–H and O–H groups in total. The zero-order valence-electron chi connectivity index (χ0n) is 10.5. The van der Waals surface area contributed by atoms with E-state index in [1.54, 1.807) is 6.26 Å². The Bertz CT molecular complexity index is 323. The van der Waals surface area contributed by atoms with Gasteiger partial charge in [-0.2, -0.15) is 0 Å². The third-order valence-corrected chi connectivity index (χ3v) is 2.57. The van der Waals surface area contributed by atoms with Gasteiger partial charge < -0.3 is 14.8 Å². The maximum absolute atomic E-state index is 8.98. The molecule has 0 spiro atoms. The van der Waals surface area contributed by atoms with E-state index in [9.17, 15) is 0 Å². The lowest BCUT2D eigenvalue weighted by molar-refractivity contribution is 0.193. The van der Waals surface area contributed by atoms with Crippen molar-refractivity contribution < 1.29 is 9.52 Å². The van der Waals surface area contributed by atoms with E-state index >= 15 is 0 Å². The lowest BCUT2D eigenvalue weighted by Crippen LogP contribution is -2.27. The van der Waals surface area contributed by atoms with Crippen LogP contribution in [0, 0.1) is 0 Å². The van der Waals surface area contributed by atoms with Gasteiger partial charge in [0.15, 0.2) is 0 Å². The Morgan fingerprint density at radius 1 is 1.59 bits per heavy atom. The zero-order chi connectivity index (χ0) is 12.5. The molecule has 0 saturated heterocycles. The van der Waals surface area contributed by atoms with Crippen LogP contribution in [-0.2, 0) is 13.1 Å². The molecular formula is C13H22N2O2. The molecule has 0 amide bonds. The van der Waals surface area contributed by atoms with Crippen LogP contribution in [0.15, 0.2) is 29.4 Å². The van der Waals surface area contributed by atoms with Gasteiger partial charge in [-0.25, -0.2) is 0 Å². The average Bonchev–Trinajstić information content (AvgIpc) is 2.74. The summed E-state index contributed by atoms with van der Waals surface area (Å²) in [6.45, 7) is 9.80. The van der Waals surface area contributed by atoms with Crippen molar-refractivity contribution >= 4 is 0 Å². The van der Waals surface area contributed by atoms with Gasteiger partial charge in [-0.3, -0.25) is 4.90 Å². The lowest BCUT2D eigenvalue weighted by atomic mass is 10.2. The molecule has 1 aromatic heterocycles. The van der Waals surface area contributed by atoms with Crippen molar-refractivity contribution in [2.24, 2.45) is 0 Å². The van der Waals surface area contributed by atoms with Crippen molar-refractivity contribution in [1.82, 2.24) is 10.2 Å². The molecule has 0 aliphatic heterocycles. The van der Waals surface area contributed by atoms with E-state index in [4.69, 9.17) is 9.52 Å². The first-order chi connectivity index (χ1) is 8.31. The Hall–Kier alpha value is -1.10. The van der Waals surface area contributed by atoms with E-state index in [0.717, 1.165) is 25.4 Å². The summed E-state index contributed by atoms with van der Waals surface area (Å²) in [5.74, 6) is 0.959. The summed E-state index contributed by atoms with van der Waals surface area (Å²) >= 11 is 0. The number of aliphatic hydroxyl groups excluding tert-OH is 1. The molecule has 0 bridgehead atoms. The molecule has 0 saturated carbocycles. The highest BCUT2D eigenvalue weighted by atomic mass is 16.3. The Morgan fingerprint density at radius 3 is 3.06 bits per heavy atom. The Balaban J connectivity index is 2.57.